The zero-order valence-electron chi connectivity index (χ0n) is 13.2. The van der Waals surface area contributed by atoms with Crippen molar-refractivity contribution in [2.45, 2.75) is 13.5 Å². The van der Waals surface area contributed by atoms with Crippen LogP contribution in [0.3, 0.4) is 0 Å². The predicted octanol–water partition coefficient (Wildman–Crippen LogP) is 2.72. The van der Waals surface area contributed by atoms with Crippen LogP contribution in [0.25, 0.3) is 0 Å². The van der Waals surface area contributed by atoms with Crippen molar-refractivity contribution < 1.29 is 13.2 Å². The average molecular weight is 332 g/mol. The topological polar surface area (TPSA) is 66.5 Å². The van der Waals surface area contributed by atoms with Crippen LogP contribution in [0, 0.1) is 0 Å². The fraction of sp³-hybridized carbons (Fsp3) is 0.235. The molecular formula is C17H20N2O3S. The number of sulfonamides is 1. The number of anilines is 1. The van der Waals surface area contributed by atoms with Crippen molar-refractivity contribution in [1.29, 1.82) is 0 Å². The molecule has 0 heterocycles. The van der Waals surface area contributed by atoms with Crippen LogP contribution >= 0.6 is 0 Å². The van der Waals surface area contributed by atoms with E-state index in [9.17, 15) is 13.2 Å². The van der Waals surface area contributed by atoms with Crippen molar-refractivity contribution in [3.05, 3.63) is 65.7 Å². The molecule has 0 aliphatic heterocycles. The SMILES string of the molecule is CCN(Cc1ccccc1)C(=O)c1cccc(NS(C)(=O)=O)c1. The Balaban J connectivity index is 2.19. The van der Waals surface area contributed by atoms with Crippen LogP contribution in [-0.4, -0.2) is 32.0 Å². The third kappa shape index (κ3) is 5.10. The highest BCUT2D eigenvalue weighted by Gasteiger charge is 2.15. The molecule has 0 saturated heterocycles. The van der Waals surface area contributed by atoms with E-state index < -0.39 is 10.0 Å². The molecule has 0 unspecified atom stereocenters. The predicted molar refractivity (Wildman–Crippen MR) is 91.8 cm³/mol. The molecule has 2 rings (SSSR count). The number of amides is 1. The van der Waals surface area contributed by atoms with Crippen molar-refractivity contribution in [1.82, 2.24) is 4.90 Å². The van der Waals surface area contributed by atoms with E-state index in [1.807, 2.05) is 37.3 Å². The summed E-state index contributed by atoms with van der Waals surface area (Å²) in [5.74, 6) is -0.131. The first kappa shape index (κ1) is 17.0. The first-order valence-corrected chi connectivity index (χ1v) is 9.19. The summed E-state index contributed by atoms with van der Waals surface area (Å²) in [5.41, 5.74) is 1.89. The highest BCUT2D eigenvalue weighted by atomic mass is 32.2. The number of nitrogens with one attached hydrogen (secondary N) is 1. The minimum absolute atomic E-state index is 0.131. The first-order chi connectivity index (χ1) is 10.9. The summed E-state index contributed by atoms with van der Waals surface area (Å²) in [6.07, 6.45) is 1.08. The lowest BCUT2D eigenvalue weighted by atomic mass is 10.1. The number of hydrogen-bond acceptors (Lipinski definition) is 3. The maximum absolute atomic E-state index is 12.6. The van der Waals surface area contributed by atoms with Crippen LogP contribution in [0.15, 0.2) is 54.6 Å². The van der Waals surface area contributed by atoms with Gasteiger partial charge in [0.15, 0.2) is 0 Å². The van der Waals surface area contributed by atoms with Gasteiger partial charge < -0.3 is 4.90 Å². The molecule has 2 aromatic carbocycles. The van der Waals surface area contributed by atoms with Crippen molar-refractivity contribution >= 4 is 21.6 Å². The largest absolute Gasteiger partial charge is 0.335 e. The van der Waals surface area contributed by atoms with Crippen molar-refractivity contribution in [3.8, 4) is 0 Å². The Hall–Kier alpha value is -2.34. The molecule has 0 spiro atoms. The molecule has 1 amide bonds. The number of rotatable bonds is 6. The van der Waals surface area contributed by atoms with Gasteiger partial charge in [0.2, 0.25) is 10.0 Å². The second-order valence-electron chi connectivity index (χ2n) is 5.26. The summed E-state index contributed by atoms with van der Waals surface area (Å²) < 4.78 is 25.0. The third-order valence-electron chi connectivity index (χ3n) is 3.30. The Morgan fingerprint density at radius 1 is 1.09 bits per heavy atom. The quantitative estimate of drug-likeness (QED) is 0.884. The maximum Gasteiger partial charge on any atom is 0.254 e. The molecule has 0 atom stereocenters. The van der Waals surface area contributed by atoms with E-state index in [0.717, 1.165) is 11.8 Å². The Labute approximate surface area is 137 Å². The minimum atomic E-state index is -3.37. The molecule has 0 bridgehead atoms. The van der Waals surface area contributed by atoms with Crippen LogP contribution in [-0.2, 0) is 16.6 Å². The molecule has 0 aromatic heterocycles. The van der Waals surface area contributed by atoms with Gasteiger partial charge in [-0.25, -0.2) is 8.42 Å². The van der Waals surface area contributed by atoms with E-state index in [1.54, 1.807) is 29.2 Å². The number of benzene rings is 2. The van der Waals surface area contributed by atoms with Crippen molar-refractivity contribution in [2.24, 2.45) is 0 Å². The zero-order valence-corrected chi connectivity index (χ0v) is 14.0. The number of carbonyl (C=O) groups excluding carboxylic acids is 1. The highest BCUT2D eigenvalue weighted by Crippen LogP contribution is 2.15. The Morgan fingerprint density at radius 3 is 2.39 bits per heavy atom. The summed E-state index contributed by atoms with van der Waals surface area (Å²) in [6.45, 7) is 3.00. The zero-order chi connectivity index (χ0) is 16.9. The molecule has 2 aromatic rings. The van der Waals surface area contributed by atoms with Gasteiger partial charge in [-0.1, -0.05) is 36.4 Å². The van der Waals surface area contributed by atoms with E-state index in [-0.39, 0.29) is 5.91 Å². The molecule has 5 nitrogen and oxygen atoms in total. The summed E-state index contributed by atoms with van der Waals surface area (Å²) in [6, 6.07) is 16.3. The van der Waals surface area contributed by atoms with Gasteiger partial charge in [0.1, 0.15) is 0 Å². The minimum Gasteiger partial charge on any atom is -0.335 e. The smallest absolute Gasteiger partial charge is 0.254 e. The Kier molecular flexibility index (Phi) is 5.39. The van der Waals surface area contributed by atoms with Gasteiger partial charge in [-0.05, 0) is 30.7 Å². The second-order valence-corrected chi connectivity index (χ2v) is 7.01. The number of hydrogen-bond donors (Lipinski definition) is 1. The summed E-state index contributed by atoms with van der Waals surface area (Å²) in [5, 5.41) is 0. The van der Waals surface area contributed by atoms with Crippen molar-refractivity contribution in [2.75, 3.05) is 17.5 Å². The van der Waals surface area contributed by atoms with Crippen LogP contribution in [0.4, 0.5) is 5.69 Å². The van der Waals surface area contributed by atoms with Gasteiger partial charge in [0.25, 0.3) is 5.91 Å². The number of nitrogens with zero attached hydrogens (tertiary/aromatic N) is 1. The molecule has 0 aliphatic carbocycles. The van der Waals surface area contributed by atoms with Gasteiger partial charge in [-0.15, -0.1) is 0 Å². The standard InChI is InChI=1S/C17H20N2O3S/c1-3-19(13-14-8-5-4-6-9-14)17(20)15-10-7-11-16(12-15)18-23(2,21)22/h4-12,18H,3,13H2,1-2H3. The lowest BCUT2D eigenvalue weighted by Crippen LogP contribution is -2.30. The first-order valence-electron chi connectivity index (χ1n) is 7.30. The van der Waals surface area contributed by atoms with E-state index >= 15 is 0 Å². The Morgan fingerprint density at radius 2 is 1.78 bits per heavy atom. The molecule has 0 aliphatic rings. The van der Waals surface area contributed by atoms with Gasteiger partial charge in [0, 0.05) is 24.3 Å². The fourth-order valence-corrected chi connectivity index (χ4v) is 2.80. The third-order valence-corrected chi connectivity index (χ3v) is 3.90. The molecule has 0 fully saturated rings. The van der Waals surface area contributed by atoms with Crippen molar-refractivity contribution in [3.63, 3.8) is 0 Å². The molecule has 6 heteroatoms. The molecule has 122 valence electrons. The van der Waals surface area contributed by atoms with E-state index in [4.69, 9.17) is 0 Å². The van der Waals surface area contributed by atoms with E-state index in [1.165, 1.54) is 0 Å². The van der Waals surface area contributed by atoms with Crippen LogP contribution in [0.5, 0.6) is 0 Å². The average Bonchev–Trinajstić information content (AvgIpc) is 2.51. The monoisotopic (exact) mass is 332 g/mol. The summed E-state index contributed by atoms with van der Waals surface area (Å²) in [7, 11) is -3.37. The van der Waals surface area contributed by atoms with Gasteiger partial charge in [-0.3, -0.25) is 9.52 Å². The maximum atomic E-state index is 12.6. The van der Waals surface area contributed by atoms with Crippen LogP contribution in [0.2, 0.25) is 0 Å². The fourth-order valence-electron chi connectivity index (χ4n) is 2.24. The normalized spacial score (nSPS) is 11.0. The van der Waals surface area contributed by atoms with Gasteiger partial charge in [0.05, 0.1) is 6.26 Å². The molecule has 0 radical (unpaired) electrons. The Bertz CT molecular complexity index is 773. The molecule has 0 saturated carbocycles. The van der Waals surface area contributed by atoms with E-state index in [2.05, 4.69) is 4.72 Å². The van der Waals surface area contributed by atoms with Gasteiger partial charge >= 0.3 is 0 Å². The van der Waals surface area contributed by atoms with Gasteiger partial charge in [-0.2, -0.15) is 0 Å². The molecular weight excluding hydrogens is 312 g/mol. The summed E-state index contributed by atoms with van der Waals surface area (Å²) in [4.78, 5) is 14.4. The van der Waals surface area contributed by atoms with E-state index in [0.29, 0.717) is 24.3 Å². The molecule has 1 N–H and O–H groups in total. The lowest BCUT2D eigenvalue weighted by molar-refractivity contribution is 0.0752. The highest BCUT2D eigenvalue weighted by molar-refractivity contribution is 7.92. The lowest BCUT2D eigenvalue weighted by Gasteiger charge is -2.21. The summed E-state index contributed by atoms with van der Waals surface area (Å²) >= 11 is 0. The number of carbonyl (C=O) groups is 1. The van der Waals surface area contributed by atoms with Crippen LogP contribution < -0.4 is 4.72 Å². The second kappa shape index (κ2) is 7.28. The van der Waals surface area contributed by atoms with Crippen LogP contribution in [0.1, 0.15) is 22.8 Å². The molecule has 23 heavy (non-hydrogen) atoms.